The summed E-state index contributed by atoms with van der Waals surface area (Å²) in [4.78, 5) is 29.6. The van der Waals surface area contributed by atoms with Crippen LogP contribution in [0.25, 0.3) is 11.1 Å². The van der Waals surface area contributed by atoms with Crippen LogP contribution in [0.1, 0.15) is 58.3 Å². The van der Waals surface area contributed by atoms with Crippen LogP contribution in [0.4, 0.5) is 10.5 Å². The van der Waals surface area contributed by atoms with E-state index >= 15 is 0 Å². The lowest BCUT2D eigenvalue weighted by molar-refractivity contribution is -0.125. The molecular weight excluding hydrogens is 516 g/mol. The van der Waals surface area contributed by atoms with E-state index in [0.717, 1.165) is 114 Å². The number of piperidine rings is 1. The van der Waals surface area contributed by atoms with Gasteiger partial charge in [-0.1, -0.05) is 48.5 Å². The fraction of sp³-hybridized carbons (Fsp3) is 0.576. The van der Waals surface area contributed by atoms with E-state index in [4.69, 9.17) is 9.47 Å². The number of rotatable bonds is 14. The van der Waals surface area contributed by atoms with E-state index in [1.54, 1.807) is 7.05 Å². The monoisotopic (exact) mass is 564 g/mol. The van der Waals surface area contributed by atoms with Gasteiger partial charge in [-0.25, -0.2) is 4.79 Å². The maximum Gasteiger partial charge on any atom is 0.412 e. The summed E-state index contributed by atoms with van der Waals surface area (Å²) < 4.78 is 11.8. The number of amides is 2. The Kier molecular flexibility index (Phi) is 12.0. The molecule has 2 N–H and O–H groups in total. The molecule has 0 saturated carbocycles. The number of ether oxygens (including phenoxy) is 2. The van der Waals surface area contributed by atoms with E-state index < -0.39 is 11.7 Å². The van der Waals surface area contributed by atoms with Crippen LogP contribution in [-0.2, 0) is 14.3 Å². The summed E-state index contributed by atoms with van der Waals surface area (Å²) in [6.45, 7) is 8.53. The Morgan fingerprint density at radius 3 is 2.32 bits per heavy atom. The quantitative estimate of drug-likeness (QED) is 0.293. The van der Waals surface area contributed by atoms with Crippen LogP contribution in [0.2, 0.25) is 0 Å². The zero-order chi connectivity index (χ0) is 28.9. The number of nitrogens with zero attached hydrogens (tertiary/aromatic N) is 2. The average molecular weight is 565 g/mol. The highest BCUT2D eigenvalue weighted by atomic mass is 16.6. The summed E-state index contributed by atoms with van der Waals surface area (Å²) in [5, 5.41) is 5.76. The van der Waals surface area contributed by atoms with Crippen LogP contribution in [0, 0.1) is 0 Å². The molecule has 2 fully saturated rings. The molecule has 0 unspecified atom stereocenters. The van der Waals surface area contributed by atoms with Crippen molar-refractivity contribution in [3.63, 3.8) is 0 Å². The summed E-state index contributed by atoms with van der Waals surface area (Å²) >= 11 is 0. The zero-order valence-corrected chi connectivity index (χ0v) is 24.9. The number of benzene rings is 2. The van der Waals surface area contributed by atoms with E-state index in [0.29, 0.717) is 0 Å². The number of hydrogen-bond donors (Lipinski definition) is 2. The molecule has 0 bridgehead atoms. The first kappa shape index (κ1) is 31.0. The first-order valence-electron chi connectivity index (χ1n) is 15.4. The van der Waals surface area contributed by atoms with E-state index in [1.165, 1.54) is 0 Å². The molecule has 1 atom stereocenters. The Balaban J connectivity index is 1.05. The van der Waals surface area contributed by atoms with Crippen LogP contribution in [0.15, 0.2) is 54.6 Å². The molecule has 0 radical (unpaired) electrons. The summed E-state index contributed by atoms with van der Waals surface area (Å²) in [5.74, 6) is 0.149. The minimum atomic E-state index is -0.458. The maximum atomic E-state index is 12.8. The lowest BCUT2D eigenvalue weighted by Gasteiger charge is -2.38. The lowest BCUT2D eigenvalue weighted by Crippen LogP contribution is -2.46. The molecule has 8 heteroatoms. The number of carbonyl (C=O) groups excluding carboxylic acids is 2. The summed E-state index contributed by atoms with van der Waals surface area (Å²) in [5.41, 5.74) is 2.34. The van der Waals surface area contributed by atoms with Crippen LogP contribution in [0.3, 0.4) is 0 Å². The molecular formula is C33H48N4O4. The molecule has 2 aromatic carbocycles. The number of likely N-dealkylation sites (tertiary alicyclic amines) is 2. The number of para-hydroxylation sites is 1. The normalized spacial score (nSPS) is 19.1. The van der Waals surface area contributed by atoms with Gasteiger partial charge in [-0.05, 0) is 89.6 Å². The van der Waals surface area contributed by atoms with Gasteiger partial charge in [0, 0.05) is 38.9 Å². The maximum absolute atomic E-state index is 12.8. The predicted molar refractivity (Wildman–Crippen MR) is 164 cm³/mol. The molecule has 224 valence electrons. The molecule has 8 nitrogen and oxygen atoms in total. The van der Waals surface area contributed by atoms with Gasteiger partial charge in [0.15, 0.2) is 0 Å². The summed E-state index contributed by atoms with van der Waals surface area (Å²) in [6, 6.07) is 17.9. The van der Waals surface area contributed by atoms with Crippen molar-refractivity contribution in [3.8, 4) is 11.1 Å². The molecule has 0 aromatic heterocycles. The second-order valence-electron chi connectivity index (χ2n) is 11.6. The van der Waals surface area contributed by atoms with Gasteiger partial charge in [-0.3, -0.25) is 15.0 Å². The number of anilines is 1. The van der Waals surface area contributed by atoms with Crippen LogP contribution in [-0.4, -0.2) is 86.4 Å². The first-order valence-corrected chi connectivity index (χ1v) is 15.4. The van der Waals surface area contributed by atoms with Crippen molar-refractivity contribution in [2.45, 2.75) is 69.9 Å². The third kappa shape index (κ3) is 9.55. The first-order chi connectivity index (χ1) is 20.0. The van der Waals surface area contributed by atoms with Crippen molar-refractivity contribution in [1.82, 2.24) is 15.1 Å². The molecule has 0 spiro atoms. The van der Waals surface area contributed by atoms with Gasteiger partial charge in [0.05, 0.1) is 11.7 Å². The molecule has 0 aliphatic carbocycles. The number of unbranched alkanes of at least 4 members (excludes halogenated alkanes) is 2. The Morgan fingerprint density at radius 1 is 0.902 bits per heavy atom. The fourth-order valence-corrected chi connectivity index (χ4v) is 5.89. The van der Waals surface area contributed by atoms with Crippen LogP contribution < -0.4 is 10.6 Å². The van der Waals surface area contributed by atoms with Gasteiger partial charge in [-0.2, -0.15) is 0 Å². The topological polar surface area (TPSA) is 83.1 Å². The molecule has 41 heavy (non-hydrogen) atoms. The van der Waals surface area contributed by atoms with Gasteiger partial charge in [-0.15, -0.1) is 0 Å². The van der Waals surface area contributed by atoms with Gasteiger partial charge in [0.2, 0.25) is 5.91 Å². The van der Waals surface area contributed by atoms with Crippen molar-refractivity contribution in [3.05, 3.63) is 54.6 Å². The minimum Gasteiger partial charge on any atom is -0.443 e. The number of hydrogen-bond acceptors (Lipinski definition) is 6. The van der Waals surface area contributed by atoms with Crippen molar-refractivity contribution in [2.75, 3.05) is 58.3 Å². The highest BCUT2D eigenvalue weighted by Crippen LogP contribution is 2.30. The summed E-state index contributed by atoms with van der Waals surface area (Å²) in [6.07, 6.45) is 7.61. The number of nitrogens with one attached hydrogen (secondary N) is 2. The van der Waals surface area contributed by atoms with E-state index in [1.807, 2.05) is 61.5 Å². The van der Waals surface area contributed by atoms with Crippen molar-refractivity contribution < 1.29 is 19.1 Å². The third-order valence-corrected chi connectivity index (χ3v) is 8.41. The van der Waals surface area contributed by atoms with Crippen molar-refractivity contribution in [1.29, 1.82) is 0 Å². The SMILES string of the molecule is CNC(=O)[C@H]1CCCN1CCCCOCCCCN1CCC(C)(OC(=O)Nc2ccccc2-c2ccccc2)CC1. The van der Waals surface area contributed by atoms with Gasteiger partial charge >= 0.3 is 6.09 Å². The third-order valence-electron chi connectivity index (χ3n) is 8.41. The average Bonchev–Trinajstić information content (AvgIpc) is 3.46. The number of carbonyl (C=O) groups is 2. The van der Waals surface area contributed by atoms with Gasteiger partial charge in [0.25, 0.3) is 0 Å². The minimum absolute atomic E-state index is 0.0553. The molecule has 4 rings (SSSR count). The molecule has 2 aliphatic rings. The second kappa shape index (κ2) is 15.9. The Bertz CT molecular complexity index is 1090. The smallest absolute Gasteiger partial charge is 0.412 e. The van der Waals surface area contributed by atoms with Gasteiger partial charge < -0.3 is 19.7 Å². The summed E-state index contributed by atoms with van der Waals surface area (Å²) in [7, 11) is 1.72. The van der Waals surface area contributed by atoms with E-state index in [2.05, 4.69) is 20.4 Å². The van der Waals surface area contributed by atoms with E-state index in [-0.39, 0.29) is 11.9 Å². The van der Waals surface area contributed by atoms with Crippen LogP contribution >= 0.6 is 0 Å². The standard InChI is InChI=1S/C33H48N4O4/c1-33(41-32(39)35-29-16-7-6-15-28(29)27-13-4-3-5-14-27)18-23-36(24-19-33)20-8-10-25-40-26-11-9-21-37-22-12-17-30(37)31(38)34-2/h3-7,13-16,30H,8-12,17-26H2,1-2H3,(H,34,38)(H,35,39)/t30-/m1/s1. The van der Waals surface area contributed by atoms with Crippen molar-refractivity contribution in [2.24, 2.45) is 0 Å². The Hall–Kier alpha value is -2.94. The molecule has 2 saturated heterocycles. The highest BCUT2D eigenvalue weighted by Gasteiger charge is 2.34. The second-order valence-corrected chi connectivity index (χ2v) is 11.6. The van der Waals surface area contributed by atoms with Gasteiger partial charge in [0.1, 0.15) is 5.60 Å². The van der Waals surface area contributed by atoms with E-state index in [9.17, 15) is 9.59 Å². The highest BCUT2D eigenvalue weighted by molar-refractivity contribution is 5.91. The lowest BCUT2D eigenvalue weighted by atomic mass is 9.93. The molecule has 2 aromatic rings. The Morgan fingerprint density at radius 2 is 1.59 bits per heavy atom. The molecule has 2 amide bonds. The predicted octanol–water partition coefficient (Wildman–Crippen LogP) is 5.54. The Labute approximate surface area is 245 Å². The zero-order valence-electron chi connectivity index (χ0n) is 24.9. The largest absolute Gasteiger partial charge is 0.443 e. The molecule has 2 heterocycles. The van der Waals surface area contributed by atoms with Crippen LogP contribution in [0.5, 0.6) is 0 Å². The number of likely N-dealkylation sites (N-methyl/N-ethyl adjacent to an activating group) is 1. The fourth-order valence-electron chi connectivity index (χ4n) is 5.89. The van der Waals surface area contributed by atoms with Crippen molar-refractivity contribution >= 4 is 17.7 Å². The molecule has 2 aliphatic heterocycles.